The lowest BCUT2D eigenvalue weighted by Crippen LogP contribution is -2.38. The highest BCUT2D eigenvalue weighted by Crippen LogP contribution is 2.42. The van der Waals surface area contributed by atoms with E-state index in [0.29, 0.717) is 12.8 Å². The van der Waals surface area contributed by atoms with E-state index < -0.39 is 17.7 Å². The van der Waals surface area contributed by atoms with Crippen LogP contribution in [0.1, 0.15) is 29.6 Å². The number of carbonyl (C=O) groups excluding carboxylic acids is 1. The molecule has 4 nitrogen and oxygen atoms in total. The number of carboxylic acid groups (broad SMARTS) is 1. The first-order valence-electron chi connectivity index (χ1n) is 6.39. The van der Waals surface area contributed by atoms with Gasteiger partial charge in [-0.15, -0.1) is 0 Å². The molecule has 0 radical (unpaired) electrons. The lowest BCUT2D eigenvalue weighted by molar-refractivity contribution is -0.142. The zero-order chi connectivity index (χ0) is 13.6. The van der Waals surface area contributed by atoms with E-state index in [-0.39, 0.29) is 23.6 Å². The molecule has 0 spiro atoms. The molecule has 1 N–H and O–H groups in total. The van der Waals surface area contributed by atoms with Crippen molar-refractivity contribution in [2.24, 2.45) is 5.92 Å². The van der Waals surface area contributed by atoms with E-state index in [0.717, 1.165) is 6.42 Å². The van der Waals surface area contributed by atoms with Crippen LogP contribution in [0.3, 0.4) is 0 Å². The fourth-order valence-corrected chi connectivity index (χ4v) is 3.34. The average molecular weight is 263 g/mol. The normalized spacial score (nSPS) is 28.7. The third kappa shape index (κ3) is 1.80. The van der Waals surface area contributed by atoms with Crippen molar-refractivity contribution in [3.05, 3.63) is 35.6 Å². The Morgan fingerprint density at radius 1 is 1.26 bits per heavy atom. The molecule has 100 valence electrons. The summed E-state index contributed by atoms with van der Waals surface area (Å²) in [5.74, 6) is -2.30. The van der Waals surface area contributed by atoms with Crippen molar-refractivity contribution in [1.29, 1.82) is 0 Å². The predicted molar refractivity (Wildman–Crippen MR) is 65.1 cm³/mol. The van der Waals surface area contributed by atoms with Crippen LogP contribution in [0.5, 0.6) is 0 Å². The monoisotopic (exact) mass is 263 g/mol. The SMILES string of the molecule is O=C(O)C1CC2CCC1N2C(=O)c1ccccc1F. The van der Waals surface area contributed by atoms with E-state index in [1.165, 1.54) is 18.2 Å². The van der Waals surface area contributed by atoms with Crippen molar-refractivity contribution in [1.82, 2.24) is 4.90 Å². The predicted octanol–water partition coefficient (Wildman–Crippen LogP) is 1.90. The van der Waals surface area contributed by atoms with Gasteiger partial charge in [-0.2, -0.15) is 0 Å². The standard InChI is InChI=1S/C14H14FNO3/c15-11-4-2-1-3-9(11)13(17)16-8-5-6-12(16)10(7-8)14(18)19/h1-4,8,10,12H,5-7H2,(H,18,19). The fraction of sp³-hybridized carbons (Fsp3) is 0.429. The van der Waals surface area contributed by atoms with Crippen LogP contribution in [-0.2, 0) is 4.79 Å². The van der Waals surface area contributed by atoms with Crippen LogP contribution < -0.4 is 0 Å². The Bertz CT molecular complexity index is 545. The number of carboxylic acids is 1. The number of benzene rings is 1. The average Bonchev–Trinajstić information content (AvgIpc) is 2.96. The molecular weight excluding hydrogens is 249 g/mol. The molecule has 2 saturated heterocycles. The maximum atomic E-state index is 13.7. The second-order valence-corrected chi connectivity index (χ2v) is 5.17. The molecule has 2 aliphatic heterocycles. The second kappa shape index (κ2) is 4.33. The molecule has 0 aromatic heterocycles. The van der Waals surface area contributed by atoms with E-state index in [1.54, 1.807) is 11.0 Å². The molecule has 3 rings (SSSR count). The minimum Gasteiger partial charge on any atom is -0.481 e. The Labute approximate surface area is 109 Å². The molecule has 3 unspecified atom stereocenters. The zero-order valence-corrected chi connectivity index (χ0v) is 10.3. The van der Waals surface area contributed by atoms with E-state index in [1.807, 2.05) is 0 Å². The maximum Gasteiger partial charge on any atom is 0.308 e. The van der Waals surface area contributed by atoms with E-state index in [4.69, 9.17) is 5.11 Å². The van der Waals surface area contributed by atoms with Crippen LogP contribution in [0.2, 0.25) is 0 Å². The summed E-state index contributed by atoms with van der Waals surface area (Å²) in [5.41, 5.74) is 0.0328. The Hall–Kier alpha value is -1.91. The van der Waals surface area contributed by atoms with Crippen LogP contribution >= 0.6 is 0 Å². The molecule has 2 bridgehead atoms. The number of halogens is 1. The third-order valence-electron chi connectivity index (χ3n) is 4.19. The van der Waals surface area contributed by atoms with Gasteiger partial charge in [0.15, 0.2) is 0 Å². The number of aliphatic carboxylic acids is 1. The summed E-state index contributed by atoms with van der Waals surface area (Å²) in [5, 5.41) is 9.15. The molecule has 19 heavy (non-hydrogen) atoms. The minimum absolute atomic E-state index is 0.0328. The summed E-state index contributed by atoms with van der Waals surface area (Å²) in [6, 6.07) is 5.51. The van der Waals surface area contributed by atoms with Crippen molar-refractivity contribution in [3.8, 4) is 0 Å². The zero-order valence-electron chi connectivity index (χ0n) is 10.3. The Morgan fingerprint density at radius 3 is 2.63 bits per heavy atom. The van der Waals surface area contributed by atoms with Gasteiger partial charge in [-0.25, -0.2) is 4.39 Å². The van der Waals surface area contributed by atoms with Gasteiger partial charge in [0.25, 0.3) is 5.91 Å². The molecule has 1 aromatic carbocycles. The quantitative estimate of drug-likeness (QED) is 0.886. The highest BCUT2D eigenvalue weighted by Gasteiger charge is 2.51. The molecule has 2 fully saturated rings. The Balaban J connectivity index is 1.90. The molecule has 0 aliphatic carbocycles. The van der Waals surface area contributed by atoms with Crippen molar-refractivity contribution >= 4 is 11.9 Å². The van der Waals surface area contributed by atoms with Gasteiger partial charge in [-0.3, -0.25) is 9.59 Å². The number of fused-ring (bicyclic) bond motifs is 2. The van der Waals surface area contributed by atoms with Crippen LogP contribution in [-0.4, -0.2) is 34.0 Å². The molecule has 2 aliphatic rings. The van der Waals surface area contributed by atoms with E-state index >= 15 is 0 Å². The lowest BCUT2D eigenvalue weighted by atomic mass is 9.89. The second-order valence-electron chi connectivity index (χ2n) is 5.17. The lowest BCUT2D eigenvalue weighted by Gasteiger charge is -2.23. The summed E-state index contributed by atoms with van der Waals surface area (Å²) in [4.78, 5) is 25.1. The summed E-state index contributed by atoms with van der Waals surface area (Å²) in [7, 11) is 0. The van der Waals surface area contributed by atoms with E-state index in [2.05, 4.69) is 0 Å². The fourth-order valence-electron chi connectivity index (χ4n) is 3.34. The van der Waals surface area contributed by atoms with Crippen LogP contribution in [0.4, 0.5) is 4.39 Å². The number of hydrogen-bond acceptors (Lipinski definition) is 2. The molecule has 2 heterocycles. The highest BCUT2D eigenvalue weighted by molar-refractivity contribution is 5.96. The van der Waals surface area contributed by atoms with Gasteiger partial charge >= 0.3 is 5.97 Å². The van der Waals surface area contributed by atoms with E-state index in [9.17, 15) is 14.0 Å². The summed E-state index contributed by atoms with van der Waals surface area (Å²) < 4.78 is 13.7. The Morgan fingerprint density at radius 2 is 2.00 bits per heavy atom. The first-order valence-corrected chi connectivity index (χ1v) is 6.39. The van der Waals surface area contributed by atoms with Gasteiger partial charge < -0.3 is 10.0 Å². The van der Waals surface area contributed by atoms with Gasteiger partial charge in [0.05, 0.1) is 11.5 Å². The summed E-state index contributed by atoms with van der Waals surface area (Å²) in [6.07, 6.45) is 2.00. The first kappa shape index (κ1) is 12.1. The van der Waals surface area contributed by atoms with Gasteiger partial charge in [-0.05, 0) is 31.4 Å². The van der Waals surface area contributed by atoms with Crippen LogP contribution in [0.15, 0.2) is 24.3 Å². The van der Waals surface area contributed by atoms with Crippen LogP contribution in [0.25, 0.3) is 0 Å². The first-order chi connectivity index (χ1) is 9.09. The summed E-state index contributed by atoms with van der Waals surface area (Å²) in [6.45, 7) is 0. The highest BCUT2D eigenvalue weighted by atomic mass is 19.1. The minimum atomic E-state index is -0.862. The van der Waals surface area contributed by atoms with Crippen molar-refractivity contribution in [2.45, 2.75) is 31.3 Å². The third-order valence-corrected chi connectivity index (χ3v) is 4.19. The Kier molecular flexibility index (Phi) is 2.77. The molecule has 5 heteroatoms. The van der Waals surface area contributed by atoms with Crippen LogP contribution in [0, 0.1) is 11.7 Å². The number of carbonyl (C=O) groups is 2. The van der Waals surface area contributed by atoms with Gasteiger partial charge in [-0.1, -0.05) is 12.1 Å². The maximum absolute atomic E-state index is 13.7. The number of nitrogens with zero attached hydrogens (tertiary/aromatic N) is 1. The summed E-state index contributed by atoms with van der Waals surface area (Å²) >= 11 is 0. The van der Waals surface area contributed by atoms with Gasteiger partial charge in [0.2, 0.25) is 0 Å². The van der Waals surface area contributed by atoms with Gasteiger partial charge in [0, 0.05) is 12.1 Å². The molecular formula is C14H14FNO3. The van der Waals surface area contributed by atoms with Gasteiger partial charge in [0.1, 0.15) is 5.82 Å². The topological polar surface area (TPSA) is 57.6 Å². The number of amides is 1. The smallest absolute Gasteiger partial charge is 0.308 e. The van der Waals surface area contributed by atoms with Crippen molar-refractivity contribution < 1.29 is 19.1 Å². The van der Waals surface area contributed by atoms with Crippen molar-refractivity contribution in [2.75, 3.05) is 0 Å². The largest absolute Gasteiger partial charge is 0.481 e. The molecule has 1 amide bonds. The number of hydrogen-bond donors (Lipinski definition) is 1. The molecule has 0 saturated carbocycles. The molecule has 3 atom stereocenters. The molecule has 1 aromatic rings. The van der Waals surface area contributed by atoms with Crippen molar-refractivity contribution in [3.63, 3.8) is 0 Å². The number of rotatable bonds is 2.